The number of anilines is 1. The van der Waals surface area contributed by atoms with Crippen LogP contribution in [-0.2, 0) is 13.2 Å². The first-order valence-corrected chi connectivity index (χ1v) is 10.3. The fourth-order valence-electron chi connectivity index (χ4n) is 2.91. The van der Waals surface area contributed by atoms with Gasteiger partial charge in [0.2, 0.25) is 0 Å². The highest BCUT2D eigenvalue weighted by atomic mass is 35.5. The Morgan fingerprint density at radius 1 is 1.16 bits per heavy atom. The van der Waals surface area contributed by atoms with E-state index in [9.17, 15) is 9.59 Å². The summed E-state index contributed by atoms with van der Waals surface area (Å²) in [5.74, 6) is -0.135. The normalized spacial score (nSPS) is 10.6. The molecule has 0 spiro atoms. The maximum atomic E-state index is 12.8. The van der Waals surface area contributed by atoms with Gasteiger partial charge in [0.1, 0.15) is 23.1 Å². The van der Waals surface area contributed by atoms with Crippen LogP contribution in [0.4, 0.5) is 5.69 Å². The highest BCUT2D eigenvalue weighted by molar-refractivity contribution is 6.42. The first kappa shape index (κ1) is 22.7. The lowest BCUT2D eigenvalue weighted by molar-refractivity contribution is 0.0816. The predicted molar refractivity (Wildman–Crippen MR) is 121 cm³/mol. The van der Waals surface area contributed by atoms with Crippen molar-refractivity contribution in [1.29, 1.82) is 0 Å². The average molecular weight is 461 g/mol. The molecule has 2 aromatic carbocycles. The SMILES string of the molecule is CCn1ncc(NC(=O)c2cccc(COc3cccc(Cl)c3Cl)c2)c1C(=O)N(C)C. The molecule has 1 aromatic heterocycles. The molecule has 0 bridgehead atoms. The summed E-state index contributed by atoms with van der Waals surface area (Å²) < 4.78 is 7.29. The Balaban J connectivity index is 1.76. The van der Waals surface area contributed by atoms with E-state index in [-0.39, 0.29) is 18.4 Å². The van der Waals surface area contributed by atoms with E-state index in [1.54, 1.807) is 55.2 Å². The van der Waals surface area contributed by atoms with Gasteiger partial charge >= 0.3 is 0 Å². The molecule has 162 valence electrons. The number of aromatic nitrogens is 2. The second kappa shape index (κ2) is 9.85. The van der Waals surface area contributed by atoms with Crippen molar-refractivity contribution in [3.63, 3.8) is 0 Å². The monoisotopic (exact) mass is 460 g/mol. The molecule has 0 radical (unpaired) electrons. The van der Waals surface area contributed by atoms with Crippen LogP contribution in [0.2, 0.25) is 10.0 Å². The number of hydrogen-bond donors (Lipinski definition) is 1. The first-order chi connectivity index (χ1) is 14.8. The Kier molecular flexibility index (Phi) is 7.20. The molecule has 0 unspecified atom stereocenters. The minimum absolute atomic E-state index is 0.208. The highest BCUT2D eigenvalue weighted by Crippen LogP contribution is 2.32. The summed E-state index contributed by atoms with van der Waals surface area (Å²) in [4.78, 5) is 26.8. The Labute approximate surface area is 190 Å². The molecular formula is C22H22Cl2N4O3. The van der Waals surface area contributed by atoms with Gasteiger partial charge in [0.05, 0.1) is 16.9 Å². The summed E-state index contributed by atoms with van der Waals surface area (Å²) in [6, 6.07) is 12.1. The van der Waals surface area contributed by atoms with Crippen LogP contribution in [0.3, 0.4) is 0 Å². The van der Waals surface area contributed by atoms with Crippen molar-refractivity contribution < 1.29 is 14.3 Å². The number of carbonyl (C=O) groups is 2. The lowest BCUT2D eigenvalue weighted by atomic mass is 10.1. The molecule has 0 fully saturated rings. The largest absolute Gasteiger partial charge is 0.487 e. The van der Waals surface area contributed by atoms with Gasteiger partial charge in [0.25, 0.3) is 11.8 Å². The number of benzene rings is 2. The molecule has 0 atom stereocenters. The van der Waals surface area contributed by atoms with Crippen molar-refractivity contribution in [3.05, 3.63) is 75.5 Å². The van der Waals surface area contributed by atoms with Crippen LogP contribution in [0.5, 0.6) is 5.75 Å². The smallest absolute Gasteiger partial charge is 0.273 e. The predicted octanol–water partition coefficient (Wildman–Crippen LogP) is 4.74. The van der Waals surface area contributed by atoms with E-state index in [0.29, 0.717) is 39.3 Å². The first-order valence-electron chi connectivity index (χ1n) is 9.56. The number of rotatable bonds is 7. The van der Waals surface area contributed by atoms with Crippen LogP contribution in [0.25, 0.3) is 0 Å². The lowest BCUT2D eigenvalue weighted by Gasteiger charge is -2.14. The van der Waals surface area contributed by atoms with E-state index < -0.39 is 0 Å². The number of hydrogen-bond acceptors (Lipinski definition) is 4. The summed E-state index contributed by atoms with van der Waals surface area (Å²) in [5.41, 5.74) is 1.89. The summed E-state index contributed by atoms with van der Waals surface area (Å²) in [6.45, 7) is 2.59. The van der Waals surface area contributed by atoms with Crippen molar-refractivity contribution in [2.75, 3.05) is 19.4 Å². The molecule has 0 aliphatic carbocycles. The molecule has 3 rings (SSSR count). The molecule has 7 nitrogen and oxygen atoms in total. The number of ether oxygens (including phenoxy) is 1. The van der Waals surface area contributed by atoms with Crippen molar-refractivity contribution >= 4 is 40.7 Å². The van der Waals surface area contributed by atoms with Gasteiger partial charge in [-0.3, -0.25) is 14.3 Å². The number of nitrogens with zero attached hydrogens (tertiary/aromatic N) is 3. The Hall–Kier alpha value is -3.03. The van der Waals surface area contributed by atoms with Gasteiger partial charge in [0, 0.05) is 26.2 Å². The fourth-order valence-corrected chi connectivity index (χ4v) is 3.25. The molecule has 1 heterocycles. The summed E-state index contributed by atoms with van der Waals surface area (Å²) >= 11 is 12.2. The zero-order valence-electron chi connectivity index (χ0n) is 17.4. The third-order valence-corrected chi connectivity index (χ3v) is 5.30. The number of halogens is 2. The van der Waals surface area contributed by atoms with Crippen LogP contribution in [0, 0.1) is 0 Å². The Morgan fingerprint density at radius 2 is 1.90 bits per heavy atom. The van der Waals surface area contributed by atoms with Crippen LogP contribution in [-0.4, -0.2) is 40.6 Å². The summed E-state index contributed by atoms with van der Waals surface area (Å²) in [5, 5.41) is 7.72. The molecule has 1 N–H and O–H groups in total. The molecule has 0 saturated carbocycles. The molecular weight excluding hydrogens is 439 g/mol. The Bertz CT molecular complexity index is 1110. The third kappa shape index (κ3) is 5.18. The minimum Gasteiger partial charge on any atom is -0.487 e. The number of nitrogens with one attached hydrogen (secondary N) is 1. The van der Waals surface area contributed by atoms with Crippen molar-refractivity contribution in [2.24, 2.45) is 0 Å². The van der Waals surface area contributed by atoms with Gasteiger partial charge in [-0.2, -0.15) is 5.10 Å². The van der Waals surface area contributed by atoms with E-state index in [1.807, 2.05) is 13.0 Å². The molecule has 0 aliphatic rings. The number of aryl methyl sites for hydroxylation is 1. The highest BCUT2D eigenvalue weighted by Gasteiger charge is 2.21. The molecule has 2 amide bonds. The second-order valence-corrected chi connectivity index (χ2v) is 7.70. The van der Waals surface area contributed by atoms with Crippen LogP contribution < -0.4 is 10.1 Å². The van der Waals surface area contributed by atoms with Gasteiger partial charge in [0.15, 0.2) is 0 Å². The minimum atomic E-state index is -0.355. The van der Waals surface area contributed by atoms with Gasteiger partial charge < -0.3 is 15.0 Å². The molecule has 0 aliphatic heterocycles. The van der Waals surface area contributed by atoms with Gasteiger partial charge in [-0.1, -0.05) is 41.4 Å². The molecule has 9 heteroatoms. The second-order valence-electron chi connectivity index (χ2n) is 6.92. The van der Waals surface area contributed by atoms with Crippen molar-refractivity contribution in [3.8, 4) is 5.75 Å². The maximum Gasteiger partial charge on any atom is 0.273 e. The summed E-state index contributed by atoms with van der Waals surface area (Å²) in [6.07, 6.45) is 1.48. The van der Waals surface area contributed by atoms with E-state index in [0.717, 1.165) is 5.56 Å². The number of carbonyl (C=O) groups excluding carboxylic acids is 2. The van der Waals surface area contributed by atoms with Crippen molar-refractivity contribution in [1.82, 2.24) is 14.7 Å². The van der Waals surface area contributed by atoms with Gasteiger partial charge in [-0.25, -0.2) is 0 Å². The maximum absolute atomic E-state index is 12.8. The van der Waals surface area contributed by atoms with E-state index in [4.69, 9.17) is 27.9 Å². The quantitative estimate of drug-likeness (QED) is 0.552. The van der Waals surface area contributed by atoms with E-state index in [1.165, 1.54) is 11.1 Å². The Morgan fingerprint density at radius 3 is 2.61 bits per heavy atom. The van der Waals surface area contributed by atoms with Crippen LogP contribution >= 0.6 is 23.2 Å². The van der Waals surface area contributed by atoms with Crippen LogP contribution in [0.15, 0.2) is 48.7 Å². The topological polar surface area (TPSA) is 76.5 Å². The lowest BCUT2D eigenvalue weighted by Crippen LogP contribution is -2.26. The fraction of sp³-hybridized carbons (Fsp3) is 0.227. The average Bonchev–Trinajstić information content (AvgIpc) is 3.16. The van der Waals surface area contributed by atoms with Crippen molar-refractivity contribution in [2.45, 2.75) is 20.1 Å². The van der Waals surface area contributed by atoms with E-state index >= 15 is 0 Å². The van der Waals surface area contributed by atoms with Crippen LogP contribution in [0.1, 0.15) is 33.3 Å². The third-order valence-electron chi connectivity index (χ3n) is 4.50. The van der Waals surface area contributed by atoms with Gasteiger partial charge in [-0.05, 0) is 36.8 Å². The zero-order chi connectivity index (χ0) is 22.5. The zero-order valence-corrected chi connectivity index (χ0v) is 18.9. The molecule has 0 saturated heterocycles. The van der Waals surface area contributed by atoms with Gasteiger partial charge in [-0.15, -0.1) is 0 Å². The summed E-state index contributed by atoms with van der Waals surface area (Å²) in [7, 11) is 3.30. The standard InChI is InChI=1S/C22H22Cl2N4O3/c1-4-28-20(22(30)27(2)3)17(12-25-28)26-21(29)15-8-5-7-14(11-15)13-31-18-10-6-9-16(23)19(18)24/h5-12H,4,13H2,1-3H3,(H,26,29). The molecule has 3 aromatic rings. The molecule has 31 heavy (non-hydrogen) atoms. The van der Waals surface area contributed by atoms with E-state index in [2.05, 4.69) is 10.4 Å². The number of amides is 2.